The molecule has 1 aliphatic heterocycles. The van der Waals surface area contributed by atoms with Crippen LogP contribution in [-0.2, 0) is 11.3 Å². The summed E-state index contributed by atoms with van der Waals surface area (Å²) in [5, 5.41) is 9.45. The monoisotopic (exact) mass is 445 g/mol. The van der Waals surface area contributed by atoms with Gasteiger partial charge in [-0.2, -0.15) is 0 Å². The zero-order valence-corrected chi connectivity index (χ0v) is 17.4. The summed E-state index contributed by atoms with van der Waals surface area (Å²) in [5.41, 5.74) is 0.916. The van der Waals surface area contributed by atoms with E-state index in [0.29, 0.717) is 6.54 Å². The lowest BCUT2D eigenvalue weighted by atomic mass is 9.81. The number of benzene rings is 1. The Hall–Kier alpha value is -1.18. The third-order valence-corrected chi connectivity index (χ3v) is 4.95. The molecule has 0 bridgehead atoms. The van der Waals surface area contributed by atoms with E-state index in [2.05, 4.69) is 16.6 Å². The van der Waals surface area contributed by atoms with E-state index < -0.39 is 12.3 Å². The Labute approximate surface area is 176 Å². The van der Waals surface area contributed by atoms with E-state index in [-0.39, 0.29) is 42.4 Å². The van der Waals surface area contributed by atoms with Gasteiger partial charge in [0.2, 0.25) is 0 Å². The number of unbranched alkanes of at least 4 members (excludes halogenated alkanes) is 1. The van der Waals surface area contributed by atoms with Crippen molar-refractivity contribution in [2.45, 2.75) is 51.9 Å². The molecule has 0 amide bonds. The maximum atomic E-state index is 12.2. The Morgan fingerprint density at radius 1 is 1.21 bits per heavy atom. The van der Waals surface area contributed by atoms with Crippen LogP contribution in [0.25, 0.3) is 0 Å². The number of likely N-dealkylation sites (tertiary alicyclic amines) is 1. The van der Waals surface area contributed by atoms with Crippen molar-refractivity contribution < 1.29 is 27.8 Å². The van der Waals surface area contributed by atoms with E-state index in [1.54, 1.807) is 12.1 Å². The number of carbonyl (C=O) groups is 1. The molecule has 0 aliphatic carbocycles. The van der Waals surface area contributed by atoms with E-state index in [1.165, 1.54) is 12.1 Å². The maximum Gasteiger partial charge on any atom is 0.573 e. The van der Waals surface area contributed by atoms with Crippen molar-refractivity contribution in [2.24, 2.45) is 11.8 Å². The van der Waals surface area contributed by atoms with E-state index >= 15 is 0 Å². The minimum absolute atomic E-state index is 0. The van der Waals surface area contributed by atoms with Crippen LogP contribution >= 0.6 is 24.8 Å². The van der Waals surface area contributed by atoms with Gasteiger partial charge in [-0.25, -0.2) is 0 Å². The van der Waals surface area contributed by atoms with Crippen molar-refractivity contribution in [3.63, 3.8) is 0 Å². The first-order chi connectivity index (χ1) is 12.3. The van der Waals surface area contributed by atoms with Crippen LogP contribution < -0.4 is 4.74 Å². The third kappa shape index (κ3) is 8.88. The molecule has 1 heterocycles. The van der Waals surface area contributed by atoms with Gasteiger partial charge in [0.15, 0.2) is 0 Å². The third-order valence-electron chi connectivity index (χ3n) is 4.95. The van der Waals surface area contributed by atoms with Crippen molar-refractivity contribution in [3.8, 4) is 5.75 Å². The van der Waals surface area contributed by atoms with Crippen LogP contribution in [0.3, 0.4) is 0 Å². The number of nitrogens with zero attached hydrogens (tertiary/aromatic N) is 1. The van der Waals surface area contributed by atoms with Crippen molar-refractivity contribution >= 4 is 30.8 Å². The lowest BCUT2D eigenvalue weighted by molar-refractivity contribution is -0.274. The van der Waals surface area contributed by atoms with E-state index in [1.807, 2.05) is 0 Å². The molecule has 0 radical (unpaired) electrons. The number of carboxylic acid groups (broad SMARTS) is 1. The van der Waals surface area contributed by atoms with Gasteiger partial charge in [-0.15, -0.1) is 38.0 Å². The summed E-state index contributed by atoms with van der Waals surface area (Å²) >= 11 is 0. The molecule has 1 unspecified atom stereocenters. The number of hydrogen-bond acceptors (Lipinski definition) is 3. The van der Waals surface area contributed by atoms with Gasteiger partial charge in [-0.1, -0.05) is 31.9 Å². The molecule has 0 aromatic heterocycles. The molecule has 1 aromatic rings. The maximum absolute atomic E-state index is 12.2. The fourth-order valence-electron chi connectivity index (χ4n) is 3.55. The number of ether oxygens (including phenoxy) is 1. The molecule has 1 saturated heterocycles. The molecule has 0 saturated carbocycles. The van der Waals surface area contributed by atoms with Crippen molar-refractivity contribution in [3.05, 3.63) is 29.8 Å². The Morgan fingerprint density at radius 3 is 2.25 bits per heavy atom. The van der Waals surface area contributed by atoms with Crippen LogP contribution in [0.1, 0.15) is 44.6 Å². The molecule has 1 aliphatic rings. The molecule has 1 fully saturated rings. The number of carboxylic acids is 1. The summed E-state index contributed by atoms with van der Waals surface area (Å²) in [6.45, 7) is 4.32. The number of hydrogen-bond donors (Lipinski definition) is 1. The molecule has 1 aromatic carbocycles. The van der Waals surface area contributed by atoms with Crippen LogP contribution in [0.4, 0.5) is 13.2 Å². The minimum Gasteiger partial charge on any atom is -0.481 e. The largest absolute Gasteiger partial charge is 0.573 e. The molecule has 1 atom stereocenters. The van der Waals surface area contributed by atoms with Crippen molar-refractivity contribution in [1.29, 1.82) is 0 Å². The molecule has 4 nitrogen and oxygen atoms in total. The SMILES string of the molecule is CCCCC(C(=O)O)C1CCN(Cc2ccc(OC(F)(F)F)cc2)CC1.Cl.Cl. The van der Waals surface area contributed by atoms with E-state index in [9.17, 15) is 23.1 Å². The molecule has 0 spiro atoms. The lowest BCUT2D eigenvalue weighted by Gasteiger charge is -2.34. The summed E-state index contributed by atoms with van der Waals surface area (Å²) in [6.07, 6.45) is -0.328. The second-order valence-electron chi connectivity index (χ2n) is 6.89. The minimum atomic E-state index is -4.68. The first-order valence-electron chi connectivity index (χ1n) is 9.08. The molecular formula is C19H28Cl2F3NO3. The molecule has 1 N–H and O–H groups in total. The summed E-state index contributed by atoms with van der Waals surface area (Å²) < 4.78 is 40.4. The molecule has 162 valence electrons. The fraction of sp³-hybridized carbons (Fsp3) is 0.632. The van der Waals surface area contributed by atoms with Crippen LogP contribution in [0, 0.1) is 11.8 Å². The molecule has 9 heteroatoms. The molecular weight excluding hydrogens is 418 g/mol. The fourth-order valence-corrected chi connectivity index (χ4v) is 3.55. The Morgan fingerprint density at radius 2 is 1.79 bits per heavy atom. The van der Waals surface area contributed by atoms with Crippen LogP contribution in [0.2, 0.25) is 0 Å². The summed E-state index contributed by atoms with van der Waals surface area (Å²) in [6, 6.07) is 5.91. The highest BCUT2D eigenvalue weighted by Gasteiger charge is 2.32. The topological polar surface area (TPSA) is 49.8 Å². The summed E-state index contributed by atoms with van der Waals surface area (Å²) in [7, 11) is 0. The smallest absolute Gasteiger partial charge is 0.481 e. The molecule has 2 rings (SSSR count). The number of halogens is 5. The van der Waals surface area contributed by atoms with Crippen LogP contribution in [0.15, 0.2) is 24.3 Å². The number of alkyl halides is 3. The summed E-state index contributed by atoms with van der Waals surface area (Å²) in [5.74, 6) is -0.980. The summed E-state index contributed by atoms with van der Waals surface area (Å²) in [4.78, 5) is 13.7. The lowest BCUT2D eigenvalue weighted by Crippen LogP contribution is -2.37. The Balaban J connectivity index is 0.00000364. The highest BCUT2D eigenvalue weighted by atomic mass is 35.5. The second kappa shape index (κ2) is 12.4. The number of piperidine rings is 1. The van der Waals surface area contributed by atoms with Gasteiger partial charge >= 0.3 is 12.3 Å². The van der Waals surface area contributed by atoms with Gasteiger partial charge in [0, 0.05) is 6.54 Å². The van der Waals surface area contributed by atoms with Gasteiger partial charge in [0.25, 0.3) is 0 Å². The van der Waals surface area contributed by atoms with E-state index in [4.69, 9.17) is 0 Å². The second-order valence-corrected chi connectivity index (χ2v) is 6.89. The predicted molar refractivity (Wildman–Crippen MR) is 106 cm³/mol. The Bertz CT molecular complexity index is 577. The standard InChI is InChI=1S/C19H26F3NO3.2ClH/c1-2-3-4-17(18(24)25)15-9-11-23(12-10-15)13-14-5-7-16(8-6-14)26-19(20,21)22;;/h5-8,15,17H,2-4,9-13H2,1H3,(H,24,25);2*1H. The van der Waals surface area contributed by atoms with Gasteiger partial charge < -0.3 is 9.84 Å². The molecule has 28 heavy (non-hydrogen) atoms. The average molecular weight is 446 g/mol. The van der Waals surface area contributed by atoms with Gasteiger partial charge in [0.05, 0.1) is 5.92 Å². The van der Waals surface area contributed by atoms with Gasteiger partial charge in [0.1, 0.15) is 5.75 Å². The normalized spacial score (nSPS) is 16.6. The zero-order valence-electron chi connectivity index (χ0n) is 15.8. The van der Waals surface area contributed by atoms with Gasteiger partial charge in [-0.3, -0.25) is 9.69 Å². The first-order valence-corrected chi connectivity index (χ1v) is 9.08. The van der Waals surface area contributed by atoms with Gasteiger partial charge in [-0.05, 0) is 56.0 Å². The number of aliphatic carboxylic acids is 1. The predicted octanol–water partition coefficient (Wildman–Crippen LogP) is 5.53. The van der Waals surface area contributed by atoms with E-state index in [0.717, 1.165) is 50.8 Å². The Kier molecular flexibility index (Phi) is 11.9. The number of rotatable bonds is 8. The first kappa shape index (κ1) is 26.8. The van der Waals surface area contributed by atoms with Crippen LogP contribution in [0.5, 0.6) is 5.75 Å². The van der Waals surface area contributed by atoms with Crippen molar-refractivity contribution in [2.75, 3.05) is 13.1 Å². The zero-order chi connectivity index (χ0) is 19.2. The highest BCUT2D eigenvalue weighted by molar-refractivity contribution is 5.85. The average Bonchev–Trinajstić information content (AvgIpc) is 2.57. The van der Waals surface area contributed by atoms with Crippen molar-refractivity contribution in [1.82, 2.24) is 4.90 Å². The quantitative estimate of drug-likeness (QED) is 0.571. The highest BCUT2D eigenvalue weighted by Crippen LogP contribution is 2.30. The van der Waals surface area contributed by atoms with Crippen LogP contribution in [-0.4, -0.2) is 35.4 Å².